The summed E-state index contributed by atoms with van der Waals surface area (Å²) in [4.78, 5) is 11.0. The van der Waals surface area contributed by atoms with Gasteiger partial charge in [0.15, 0.2) is 0 Å². The fourth-order valence-electron chi connectivity index (χ4n) is 0.940. The van der Waals surface area contributed by atoms with Crippen LogP contribution < -0.4 is 0 Å². The Kier molecular flexibility index (Phi) is 5.94. The minimum atomic E-state index is -0.341. The van der Waals surface area contributed by atoms with Crippen LogP contribution >= 0.6 is 0 Å². The van der Waals surface area contributed by atoms with Gasteiger partial charge in [0, 0.05) is 15.8 Å². The summed E-state index contributed by atoms with van der Waals surface area (Å²) >= 11 is 0. The summed E-state index contributed by atoms with van der Waals surface area (Å²) in [6.45, 7) is 12.9. The smallest absolute Gasteiger partial charge is 0.333 e. The van der Waals surface area contributed by atoms with Crippen molar-refractivity contribution in [2.45, 2.75) is 24.8 Å². The zero-order valence-corrected chi connectivity index (χ0v) is 10.2. The molecule has 0 spiro atoms. The van der Waals surface area contributed by atoms with Crippen LogP contribution in [0.15, 0.2) is 37.5 Å². The molecule has 2 nitrogen and oxygen atoms in total. The van der Waals surface area contributed by atoms with E-state index in [2.05, 4.69) is 30.0 Å². The zero-order valence-electron chi connectivity index (χ0n) is 9.21. The molecule has 0 heterocycles. The lowest BCUT2D eigenvalue weighted by molar-refractivity contribution is -0.139. The minimum Gasteiger partial charge on any atom is -0.462 e. The van der Waals surface area contributed by atoms with Crippen LogP contribution in [-0.4, -0.2) is 22.8 Å². The predicted molar refractivity (Wildman–Crippen MR) is 63.8 cm³/mol. The molecule has 0 saturated carbocycles. The number of carbonyl (C=O) groups is 1. The maximum absolute atomic E-state index is 11.0. The molecule has 0 amide bonds. The SMILES string of the molecule is C=CC([Si])(C=C)CCCOC(=O)C(=C)C. The third-order valence-corrected chi connectivity index (χ3v) is 2.70. The lowest BCUT2D eigenvalue weighted by Crippen LogP contribution is -2.10. The van der Waals surface area contributed by atoms with Gasteiger partial charge in [-0.2, -0.15) is 0 Å². The molecule has 3 heteroatoms. The van der Waals surface area contributed by atoms with Gasteiger partial charge in [0.2, 0.25) is 0 Å². The van der Waals surface area contributed by atoms with Crippen LogP contribution in [-0.2, 0) is 9.53 Å². The normalized spacial score (nSPS) is 10.5. The lowest BCUT2D eigenvalue weighted by Gasteiger charge is -2.20. The molecular weight excluding hydrogens is 204 g/mol. The molecule has 0 aliphatic rings. The van der Waals surface area contributed by atoms with Gasteiger partial charge in [0.25, 0.3) is 0 Å². The highest BCUT2D eigenvalue weighted by Gasteiger charge is 2.15. The van der Waals surface area contributed by atoms with E-state index in [9.17, 15) is 4.79 Å². The Bertz CT molecular complexity index is 261. The average molecular weight is 221 g/mol. The molecule has 81 valence electrons. The van der Waals surface area contributed by atoms with E-state index in [1.165, 1.54) is 0 Å². The second-order valence-electron chi connectivity index (χ2n) is 3.47. The first-order chi connectivity index (χ1) is 6.95. The summed E-state index contributed by atoms with van der Waals surface area (Å²) < 4.78 is 4.96. The monoisotopic (exact) mass is 221 g/mol. The zero-order chi connectivity index (χ0) is 11.9. The van der Waals surface area contributed by atoms with Crippen LogP contribution in [0.3, 0.4) is 0 Å². The van der Waals surface area contributed by atoms with E-state index in [1.54, 1.807) is 19.1 Å². The summed E-state index contributed by atoms with van der Waals surface area (Å²) in [5, 5.41) is -0.268. The van der Waals surface area contributed by atoms with Gasteiger partial charge in [0.1, 0.15) is 0 Å². The predicted octanol–water partition coefficient (Wildman–Crippen LogP) is 2.59. The molecule has 0 aliphatic heterocycles. The summed E-state index contributed by atoms with van der Waals surface area (Å²) in [5.41, 5.74) is 0.423. The molecule has 15 heavy (non-hydrogen) atoms. The van der Waals surface area contributed by atoms with Gasteiger partial charge in [-0.3, -0.25) is 0 Å². The molecule has 0 bridgehead atoms. The number of carbonyl (C=O) groups excluding carboxylic acids is 1. The number of hydrogen-bond acceptors (Lipinski definition) is 2. The van der Waals surface area contributed by atoms with E-state index in [0.717, 1.165) is 12.8 Å². The van der Waals surface area contributed by atoms with E-state index < -0.39 is 0 Å². The van der Waals surface area contributed by atoms with Crippen LogP contribution in [0.1, 0.15) is 19.8 Å². The molecule has 0 aromatic rings. The van der Waals surface area contributed by atoms with Crippen LogP contribution in [0.4, 0.5) is 0 Å². The Balaban J connectivity index is 3.80. The van der Waals surface area contributed by atoms with E-state index in [4.69, 9.17) is 4.74 Å². The van der Waals surface area contributed by atoms with Crippen molar-refractivity contribution in [3.8, 4) is 0 Å². The third-order valence-electron chi connectivity index (χ3n) is 2.04. The van der Waals surface area contributed by atoms with Crippen LogP contribution in [0, 0.1) is 0 Å². The number of rotatable bonds is 7. The van der Waals surface area contributed by atoms with Crippen LogP contribution in [0.5, 0.6) is 0 Å². The highest BCUT2D eigenvalue weighted by Crippen LogP contribution is 2.30. The van der Waals surface area contributed by atoms with Gasteiger partial charge in [-0.25, -0.2) is 4.79 Å². The largest absolute Gasteiger partial charge is 0.462 e. The van der Waals surface area contributed by atoms with Crippen LogP contribution in [0.2, 0.25) is 5.04 Å². The van der Waals surface area contributed by atoms with Crippen molar-refractivity contribution in [1.82, 2.24) is 0 Å². The number of esters is 1. The highest BCUT2D eigenvalue weighted by molar-refractivity contribution is 6.18. The molecule has 3 radical (unpaired) electrons. The van der Waals surface area contributed by atoms with E-state index in [1.807, 2.05) is 0 Å². The van der Waals surface area contributed by atoms with Crippen molar-refractivity contribution in [1.29, 1.82) is 0 Å². The van der Waals surface area contributed by atoms with Crippen molar-refractivity contribution in [3.63, 3.8) is 0 Å². The number of ether oxygens (including phenoxy) is 1. The van der Waals surface area contributed by atoms with Crippen molar-refractivity contribution in [3.05, 3.63) is 37.5 Å². The first-order valence-electron chi connectivity index (χ1n) is 4.80. The van der Waals surface area contributed by atoms with E-state index >= 15 is 0 Å². The number of allylic oxidation sites excluding steroid dienone is 2. The van der Waals surface area contributed by atoms with Crippen molar-refractivity contribution >= 4 is 16.2 Å². The molecule has 0 fully saturated rings. The summed E-state index contributed by atoms with van der Waals surface area (Å²) in [5.74, 6) is -0.341. The molecule has 0 rings (SSSR count). The molecule has 0 aromatic carbocycles. The first kappa shape index (κ1) is 13.9. The van der Waals surface area contributed by atoms with Gasteiger partial charge in [-0.15, -0.1) is 13.2 Å². The second kappa shape index (κ2) is 6.40. The van der Waals surface area contributed by atoms with Gasteiger partial charge < -0.3 is 4.74 Å². The van der Waals surface area contributed by atoms with E-state index in [-0.39, 0.29) is 11.0 Å². The number of hydrogen-bond donors (Lipinski definition) is 0. The van der Waals surface area contributed by atoms with Crippen molar-refractivity contribution in [2.24, 2.45) is 0 Å². The Morgan fingerprint density at radius 1 is 1.47 bits per heavy atom. The molecule has 0 unspecified atom stereocenters. The Hall–Kier alpha value is -1.09. The highest BCUT2D eigenvalue weighted by atomic mass is 28.1. The summed E-state index contributed by atoms with van der Waals surface area (Å²) in [6, 6.07) is 0. The molecular formula is C12H17O2Si. The van der Waals surface area contributed by atoms with Crippen LogP contribution in [0.25, 0.3) is 0 Å². The van der Waals surface area contributed by atoms with E-state index in [0.29, 0.717) is 12.2 Å². The third kappa shape index (κ3) is 5.37. The van der Waals surface area contributed by atoms with Crippen molar-refractivity contribution < 1.29 is 9.53 Å². The molecule has 0 aliphatic carbocycles. The molecule has 0 N–H and O–H groups in total. The van der Waals surface area contributed by atoms with Gasteiger partial charge in [-0.05, 0) is 24.8 Å². The Morgan fingerprint density at radius 2 is 2.00 bits per heavy atom. The topological polar surface area (TPSA) is 26.3 Å². The quantitative estimate of drug-likeness (QED) is 0.217. The average Bonchev–Trinajstić information content (AvgIpc) is 2.23. The first-order valence-corrected chi connectivity index (χ1v) is 5.30. The summed E-state index contributed by atoms with van der Waals surface area (Å²) in [6.07, 6.45) is 5.09. The maximum Gasteiger partial charge on any atom is 0.333 e. The second-order valence-corrected chi connectivity index (χ2v) is 4.40. The van der Waals surface area contributed by atoms with Gasteiger partial charge in [-0.1, -0.05) is 18.7 Å². The maximum atomic E-state index is 11.0. The molecule has 0 atom stereocenters. The molecule has 0 saturated heterocycles. The van der Waals surface area contributed by atoms with Crippen molar-refractivity contribution in [2.75, 3.05) is 6.61 Å². The standard InChI is InChI=1S/C12H17O2Si/c1-5-12(15,6-2)8-7-9-14-11(13)10(3)4/h5-6H,1-3,7-9H2,4H3. The molecule has 0 aromatic heterocycles. The van der Waals surface area contributed by atoms with Gasteiger partial charge >= 0.3 is 5.97 Å². The Labute approximate surface area is 95.1 Å². The Morgan fingerprint density at radius 3 is 2.40 bits per heavy atom. The fraction of sp³-hybridized carbons (Fsp3) is 0.417. The summed E-state index contributed by atoms with van der Waals surface area (Å²) in [7, 11) is 3.54. The minimum absolute atomic E-state index is 0.268. The van der Waals surface area contributed by atoms with Gasteiger partial charge in [0.05, 0.1) is 6.61 Å². The lowest BCUT2D eigenvalue weighted by atomic mass is 10.0. The fourth-order valence-corrected chi connectivity index (χ4v) is 1.12.